The first-order valence-electron chi connectivity index (χ1n) is 13.0. The number of benzene rings is 2. The van der Waals surface area contributed by atoms with Crippen LogP contribution in [0, 0.1) is 30.6 Å². The monoisotopic (exact) mass is 588 g/mol. The van der Waals surface area contributed by atoms with E-state index in [1.807, 2.05) is 30.0 Å². The molecule has 0 fully saturated rings. The van der Waals surface area contributed by atoms with Crippen LogP contribution < -0.4 is 10.6 Å². The molecule has 0 bridgehead atoms. The van der Waals surface area contributed by atoms with Gasteiger partial charge in [-0.3, -0.25) is 14.7 Å². The molecule has 1 unspecified atom stereocenters. The average Bonchev–Trinajstić information content (AvgIpc) is 2.89. The Kier molecular flexibility index (Phi) is 7.76. The van der Waals surface area contributed by atoms with Crippen molar-refractivity contribution in [1.82, 2.24) is 4.98 Å². The summed E-state index contributed by atoms with van der Waals surface area (Å²) in [5.41, 5.74) is 13.3. The number of hydrogen-bond acceptors (Lipinski definition) is 6. The van der Waals surface area contributed by atoms with E-state index in [0.29, 0.717) is 45.6 Å². The maximum atomic E-state index is 13.9. The summed E-state index contributed by atoms with van der Waals surface area (Å²) in [6.45, 7) is 8.30. The predicted octanol–water partition coefficient (Wildman–Crippen LogP) is 8.24. The zero-order valence-electron chi connectivity index (χ0n) is 22.9. The molecule has 0 amide bonds. The van der Waals surface area contributed by atoms with E-state index >= 15 is 0 Å². The lowest BCUT2D eigenvalue weighted by atomic mass is 9.68. The van der Waals surface area contributed by atoms with E-state index in [4.69, 9.17) is 28.9 Å². The molecule has 0 spiro atoms. The van der Waals surface area contributed by atoms with Crippen LogP contribution in [0.25, 0.3) is 0 Å². The minimum Gasteiger partial charge on any atom is -0.384 e. The highest BCUT2D eigenvalue weighted by molar-refractivity contribution is 7.98. The summed E-state index contributed by atoms with van der Waals surface area (Å²) in [5.74, 6) is 0.496. The van der Waals surface area contributed by atoms with E-state index in [0.717, 1.165) is 38.5 Å². The Bertz CT molecular complexity index is 1620. The fourth-order valence-electron chi connectivity index (χ4n) is 5.73. The van der Waals surface area contributed by atoms with Crippen LogP contribution in [0.15, 0.2) is 82.4 Å². The number of aromatic nitrogens is 1. The molecule has 204 valence electrons. The zero-order valence-corrected chi connectivity index (χ0v) is 25.2. The van der Waals surface area contributed by atoms with Crippen molar-refractivity contribution in [2.45, 2.75) is 57.1 Å². The van der Waals surface area contributed by atoms with Gasteiger partial charge >= 0.3 is 0 Å². The van der Waals surface area contributed by atoms with Gasteiger partial charge in [-0.2, -0.15) is 5.26 Å². The second-order valence-corrected chi connectivity index (χ2v) is 13.1. The van der Waals surface area contributed by atoms with E-state index < -0.39 is 5.92 Å². The van der Waals surface area contributed by atoms with Crippen LogP contribution in [0.1, 0.15) is 54.9 Å². The molecule has 1 atom stereocenters. The highest BCUT2D eigenvalue weighted by atomic mass is 35.5. The van der Waals surface area contributed by atoms with Crippen LogP contribution in [0.3, 0.4) is 0 Å². The average molecular weight is 590 g/mol. The van der Waals surface area contributed by atoms with Gasteiger partial charge in [0, 0.05) is 39.6 Å². The van der Waals surface area contributed by atoms with Crippen molar-refractivity contribution in [1.29, 1.82) is 5.26 Å². The van der Waals surface area contributed by atoms with Gasteiger partial charge < -0.3 is 5.73 Å². The molecular weight excluding hydrogens is 559 g/mol. The van der Waals surface area contributed by atoms with Crippen LogP contribution in [0.2, 0.25) is 10.0 Å². The van der Waals surface area contributed by atoms with E-state index in [9.17, 15) is 10.1 Å². The SMILES string of the molecule is Cc1cc(C)c(C2C(C#N)=C(N)N(c3cccnc3)C3=C2C(=O)CC(C)(C)C3)cc1CSc1cc(Cl)ccc1Cl. The highest BCUT2D eigenvalue weighted by Gasteiger charge is 2.45. The van der Waals surface area contributed by atoms with Crippen molar-refractivity contribution in [2.24, 2.45) is 11.1 Å². The molecule has 0 saturated carbocycles. The molecule has 5 nitrogen and oxygen atoms in total. The molecule has 5 rings (SSSR count). The van der Waals surface area contributed by atoms with Gasteiger partial charge in [-0.25, -0.2) is 0 Å². The quantitative estimate of drug-likeness (QED) is 0.302. The summed E-state index contributed by atoms with van der Waals surface area (Å²) in [4.78, 5) is 20.9. The van der Waals surface area contributed by atoms with E-state index in [-0.39, 0.29) is 11.2 Å². The number of pyridine rings is 1. The van der Waals surface area contributed by atoms with Gasteiger partial charge in [-0.05, 0) is 78.3 Å². The molecule has 2 aromatic carbocycles. The summed E-state index contributed by atoms with van der Waals surface area (Å²) in [6, 6.07) is 15.8. The first kappa shape index (κ1) is 28.3. The van der Waals surface area contributed by atoms with Gasteiger partial charge in [0.15, 0.2) is 5.78 Å². The van der Waals surface area contributed by atoms with Crippen LogP contribution in [0.4, 0.5) is 5.69 Å². The van der Waals surface area contributed by atoms with Crippen LogP contribution in [-0.4, -0.2) is 10.8 Å². The zero-order chi connectivity index (χ0) is 28.8. The van der Waals surface area contributed by atoms with Crippen molar-refractivity contribution in [3.05, 3.63) is 110 Å². The van der Waals surface area contributed by atoms with Crippen molar-refractivity contribution in [3.63, 3.8) is 0 Å². The Morgan fingerprint density at radius 1 is 1.15 bits per heavy atom. The topological polar surface area (TPSA) is 83.0 Å². The number of allylic oxidation sites excluding steroid dienone is 3. The first-order valence-corrected chi connectivity index (χ1v) is 14.8. The Labute approximate surface area is 249 Å². The lowest BCUT2D eigenvalue weighted by Gasteiger charge is -2.44. The highest BCUT2D eigenvalue weighted by Crippen LogP contribution is 2.51. The maximum absolute atomic E-state index is 13.9. The van der Waals surface area contributed by atoms with Gasteiger partial charge in [0.2, 0.25) is 0 Å². The van der Waals surface area contributed by atoms with Gasteiger partial charge in [0.25, 0.3) is 0 Å². The van der Waals surface area contributed by atoms with Crippen molar-refractivity contribution in [3.8, 4) is 6.07 Å². The van der Waals surface area contributed by atoms with Crippen LogP contribution in [0.5, 0.6) is 0 Å². The Balaban J connectivity index is 1.65. The number of thioether (sulfide) groups is 1. The summed E-state index contributed by atoms with van der Waals surface area (Å²) < 4.78 is 0. The number of nitriles is 1. The van der Waals surface area contributed by atoms with E-state index in [1.165, 1.54) is 0 Å². The minimum atomic E-state index is -0.546. The maximum Gasteiger partial charge on any atom is 0.162 e. The number of aryl methyl sites for hydroxylation is 2. The Hall–Kier alpha value is -3.24. The van der Waals surface area contributed by atoms with Gasteiger partial charge in [0.1, 0.15) is 5.82 Å². The van der Waals surface area contributed by atoms with Crippen molar-refractivity contribution >= 4 is 46.4 Å². The van der Waals surface area contributed by atoms with Crippen molar-refractivity contribution < 1.29 is 4.79 Å². The lowest BCUT2D eigenvalue weighted by molar-refractivity contribution is -0.118. The number of Topliss-reactive ketones (excluding diaryl/α,β-unsaturated/α-hetero) is 1. The van der Waals surface area contributed by atoms with E-state index in [1.54, 1.807) is 36.3 Å². The predicted molar refractivity (Wildman–Crippen MR) is 163 cm³/mol. The molecule has 0 radical (unpaired) electrons. The number of halogens is 2. The van der Waals surface area contributed by atoms with Crippen LogP contribution >= 0.6 is 35.0 Å². The fraction of sp³-hybridized carbons (Fsp3) is 0.281. The number of nitrogens with two attached hydrogens (primary N) is 1. The molecule has 2 aliphatic rings. The second kappa shape index (κ2) is 11.0. The number of carbonyl (C=O) groups is 1. The number of nitrogens with zero attached hydrogens (tertiary/aromatic N) is 3. The molecule has 2 heterocycles. The first-order chi connectivity index (χ1) is 19.0. The second-order valence-electron chi connectivity index (χ2n) is 11.2. The van der Waals surface area contributed by atoms with E-state index in [2.05, 4.69) is 44.0 Å². The Morgan fingerprint density at radius 3 is 2.62 bits per heavy atom. The number of carbonyl (C=O) groups excluding carboxylic acids is 1. The minimum absolute atomic E-state index is 0.0481. The molecule has 40 heavy (non-hydrogen) atoms. The van der Waals surface area contributed by atoms with Crippen LogP contribution in [-0.2, 0) is 10.5 Å². The summed E-state index contributed by atoms with van der Waals surface area (Å²) in [7, 11) is 0. The molecule has 1 aliphatic carbocycles. The third-order valence-corrected chi connectivity index (χ3v) is 9.38. The molecule has 3 aromatic rings. The fourth-order valence-corrected chi connectivity index (χ4v) is 7.28. The third-order valence-electron chi connectivity index (χ3n) is 7.60. The largest absolute Gasteiger partial charge is 0.384 e. The molecule has 1 aromatic heterocycles. The Morgan fingerprint density at radius 2 is 1.93 bits per heavy atom. The van der Waals surface area contributed by atoms with Gasteiger partial charge in [-0.1, -0.05) is 49.2 Å². The summed E-state index contributed by atoms with van der Waals surface area (Å²) in [5, 5.41) is 11.7. The molecule has 8 heteroatoms. The number of rotatable bonds is 5. The lowest BCUT2D eigenvalue weighted by Crippen LogP contribution is -2.42. The molecule has 1 aliphatic heterocycles. The smallest absolute Gasteiger partial charge is 0.162 e. The van der Waals surface area contributed by atoms with Gasteiger partial charge in [0.05, 0.1) is 34.5 Å². The molecule has 2 N–H and O–H groups in total. The standard InChI is InChI=1S/C32H30Cl2N4OS/c1-18-10-19(2)23(11-20(18)17-40-28-12-21(33)7-8-25(28)34)29-24(15-35)31(36)38(22-6-5-9-37-16-22)26-13-32(3,4)14-27(39)30(26)29/h5-12,16,29H,13-14,17,36H2,1-4H3. The number of ketones is 1. The normalized spacial score (nSPS) is 18.6. The summed E-state index contributed by atoms with van der Waals surface area (Å²) in [6.07, 6.45) is 4.47. The molecular formula is C32H30Cl2N4OS. The summed E-state index contributed by atoms with van der Waals surface area (Å²) >= 11 is 14.2. The molecule has 0 saturated heterocycles. The van der Waals surface area contributed by atoms with Crippen molar-refractivity contribution in [2.75, 3.05) is 4.90 Å². The number of anilines is 1. The third kappa shape index (κ3) is 5.26. The van der Waals surface area contributed by atoms with Gasteiger partial charge in [-0.15, -0.1) is 11.8 Å². The number of hydrogen-bond donors (Lipinski definition) is 1.